The first-order valence-corrected chi connectivity index (χ1v) is 6.17. The number of anilines is 1. The molecule has 0 aliphatic carbocycles. The Morgan fingerprint density at radius 3 is 2.75 bits per heavy atom. The zero-order valence-electron chi connectivity index (χ0n) is 10.9. The molecule has 0 saturated carbocycles. The summed E-state index contributed by atoms with van der Waals surface area (Å²) in [5.41, 5.74) is 1.83. The van der Waals surface area contributed by atoms with Gasteiger partial charge in [-0.25, -0.2) is 9.83 Å². The zero-order valence-corrected chi connectivity index (χ0v) is 11.7. The summed E-state index contributed by atoms with van der Waals surface area (Å²) < 4.78 is 0. The monoisotopic (exact) mass is 286 g/mol. The van der Waals surface area contributed by atoms with Crippen molar-refractivity contribution < 1.29 is 4.79 Å². The third kappa shape index (κ3) is 2.92. The summed E-state index contributed by atoms with van der Waals surface area (Å²) >= 11 is 5.73. The molecular weight excluding hydrogens is 276 g/mol. The van der Waals surface area contributed by atoms with Gasteiger partial charge in [-0.15, -0.1) is 0 Å². The molecule has 1 N–H and O–H groups in total. The van der Waals surface area contributed by atoms with Crippen LogP contribution in [0.4, 0.5) is 11.5 Å². The van der Waals surface area contributed by atoms with E-state index in [1.807, 2.05) is 0 Å². The Hall–Kier alpha value is -2.45. The van der Waals surface area contributed by atoms with Gasteiger partial charge in [0, 0.05) is 11.9 Å². The normalized spacial score (nSPS) is 9.90. The van der Waals surface area contributed by atoms with E-state index in [-0.39, 0.29) is 5.69 Å². The molecule has 0 aliphatic heterocycles. The van der Waals surface area contributed by atoms with Crippen molar-refractivity contribution in [1.29, 1.82) is 0 Å². The van der Waals surface area contributed by atoms with Gasteiger partial charge in [0.15, 0.2) is 5.69 Å². The second-order valence-electron chi connectivity index (χ2n) is 4.18. The van der Waals surface area contributed by atoms with Crippen LogP contribution in [-0.4, -0.2) is 15.9 Å². The molecule has 0 unspecified atom stereocenters. The van der Waals surface area contributed by atoms with Crippen LogP contribution in [0.3, 0.4) is 0 Å². The van der Waals surface area contributed by atoms with E-state index in [9.17, 15) is 4.79 Å². The number of hydrogen-bond donors (Lipinski definition) is 1. The van der Waals surface area contributed by atoms with Crippen molar-refractivity contribution in [2.45, 2.75) is 13.8 Å². The van der Waals surface area contributed by atoms with Crippen molar-refractivity contribution in [3.8, 4) is 0 Å². The van der Waals surface area contributed by atoms with Gasteiger partial charge in [-0.1, -0.05) is 11.6 Å². The predicted molar refractivity (Wildman–Crippen MR) is 77.2 cm³/mol. The smallest absolute Gasteiger partial charge is 0.274 e. The lowest BCUT2D eigenvalue weighted by molar-refractivity contribution is 0.102. The van der Waals surface area contributed by atoms with Gasteiger partial charge in [0.05, 0.1) is 11.6 Å². The minimum atomic E-state index is -0.397. The van der Waals surface area contributed by atoms with Crippen molar-refractivity contribution in [2.75, 3.05) is 5.32 Å². The van der Waals surface area contributed by atoms with Crippen molar-refractivity contribution in [2.24, 2.45) is 0 Å². The molecule has 6 heteroatoms. The summed E-state index contributed by atoms with van der Waals surface area (Å²) in [6, 6.07) is 4.88. The van der Waals surface area contributed by atoms with Crippen LogP contribution in [0.5, 0.6) is 0 Å². The molecule has 0 fully saturated rings. The number of nitrogens with zero attached hydrogens (tertiary/aromatic N) is 3. The van der Waals surface area contributed by atoms with Crippen LogP contribution >= 0.6 is 11.6 Å². The number of rotatable bonds is 2. The van der Waals surface area contributed by atoms with Crippen molar-refractivity contribution >= 4 is 29.0 Å². The first-order valence-electron chi connectivity index (χ1n) is 5.80. The lowest BCUT2D eigenvalue weighted by Crippen LogP contribution is -2.16. The number of nitrogens with one attached hydrogen (secondary N) is 1. The molecule has 0 spiro atoms. The molecule has 2 aromatic rings. The fraction of sp³-hybridized carbons (Fsp3) is 0.143. The Labute approximate surface area is 121 Å². The third-order valence-electron chi connectivity index (χ3n) is 2.68. The highest BCUT2D eigenvalue weighted by Crippen LogP contribution is 2.22. The number of halogens is 1. The molecule has 2 heterocycles. The Morgan fingerprint density at radius 1 is 1.40 bits per heavy atom. The van der Waals surface area contributed by atoms with Gasteiger partial charge >= 0.3 is 0 Å². The maximum Gasteiger partial charge on any atom is 0.274 e. The van der Waals surface area contributed by atoms with E-state index in [0.29, 0.717) is 27.8 Å². The largest absolute Gasteiger partial charge is 0.305 e. The van der Waals surface area contributed by atoms with E-state index in [4.69, 9.17) is 18.2 Å². The average molecular weight is 287 g/mol. The molecule has 2 rings (SSSR count). The molecule has 1 amide bonds. The topological polar surface area (TPSA) is 59.2 Å². The summed E-state index contributed by atoms with van der Waals surface area (Å²) in [5, 5.41) is 3.12. The van der Waals surface area contributed by atoms with Crippen LogP contribution in [0.15, 0.2) is 24.4 Å². The predicted octanol–water partition coefficient (Wildman–Crippen LogP) is 3.55. The number of hydrogen-bond acceptors (Lipinski definition) is 3. The molecule has 20 heavy (non-hydrogen) atoms. The van der Waals surface area contributed by atoms with Crippen LogP contribution in [0.2, 0.25) is 5.02 Å². The van der Waals surface area contributed by atoms with Crippen LogP contribution in [-0.2, 0) is 0 Å². The van der Waals surface area contributed by atoms with Crippen molar-refractivity contribution in [1.82, 2.24) is 9.97 Å². The fourth-order valence-electron chi connectivity index (χ4n) is 1.68. The van der Waals surface area contributed by atoms with Gasteiger partial charge < -0.3 is 5.32 Å². The second-order valence-corrected chi connectivity index (χ2v) is 4.62. The van der Waals surface area contributed by atoms with E-state index in [2.05, 4.69) is 20.1 Å². The average Bonchev–Trinajstić information content (AvgIpc) is 2.43. The summed E-state index contributed by atoms with van der Waals surface area (Å²) in [7, 11) is 0. The first-order chi connectivity index (χ1) is 9.51. The number of pyridine rings is 2. The molecule has 5 nitrogen and oxygen atoms in total. The van der Waals surface area contributed by atoms with E-state index in [0.717, 1.165) is 0 Å². The lowest BCUT2D eigenvalue weighted by Gasteiger charge is -2.08. The minimum Gasteiger partial charge on any atom is -0.305 e. The maximum absolute atomic E-state index is 12.2. The number of carbonyl (C=O) groups excluding carboxylic acids is 1. The second kappa shape index (κ2) is 5.68. The highest BCUT2D eigenvalue weighted by molar-refractivity contribution is 6.30. The zero-order chi connectivity index (χ0) is 14.7. The number of aryl methyl sites for hydroxylation is 1. The maximum atomic E-state index is 12.2. The first kappa shape index (κ1) is 14.0. The van der Waals surface area contributed by atoms with Gasteiger partial charge in [0.25, 0.3) is 5.91 Å². The molecule has 0 saturated heterocycles. The van der Waals surface area contributed by atoms with Crippen molar-refractivity contribution in [3.05, 3.63) is 57.8 Å². The van der Waals surface area contributed by atoms with Crippen LogP contribution < -0.4 is 5.32 Å². The summed E-state index contributed by atoms with van der Waals surface area (Å²) in [6.07, 6.45) is 1.44. The fourth-order valence-corrected chi connectivity index (χ4v) is 1.79. The molecule has 0 atom stereocenters. The van der Waals surface area contributed by atoms with Gasteiger partial charge in [-0.3, -0.25) is 9.78 Å². The summed E-state index contributed by atoms with van der Waals surface area (Å²) in [5.74, 6) is -0.0163. The standard InChI is InChI=1S/C14H11ClN4O/c1-8-6-11(16-3)9(2)13(18-8)14(20)19-12-5-4-10(15)7-17-12/h4-7H,1-2H3,(H,17,19,20). The Morgan fingerprint density at radius 2 is 2.15 bits per heavy atom. The molecule has 0 bridgehead atoms. The number of carbonyl (C=O) groups is 1. The molecular formula is C14H11ClN4O. The van der Waals surface area contributed by atoms with Crippen LogP contribution in [0.1, 0.15) is 21.7 Å². The van der Waals surface area contributed by atoms with Crippen LogP contribution in [0, 0.1) is 20.4 Å². The summed E-state index contributed by atoms with van der Waals surface area (Å²) in [4.78, 5) is 23.8. The molecule has 0 radical (unpaired) electrons. The SMILES string of the molecule is [C-]#[N+]c1cc(C)nc(C(=O)Nc2ccc(Cl)cn2)c1C. The Bertz CT molecular complexity index is 704. The third-order valence-corrected chi connectivity index (χ3v) is 2.90. The highest BCUT2D eigenvalue weighted by atomic mass is 35.5. The van der Waals surface area contributed by atoms with Gasteiger partial charge in [-0.2, -0.15) is 0 Å². The molecule has 0 aromatic carbocycles. The number of amides is 1. The lowest BCUT2D eigenvalue weighted by atomic mass is 10.1. The Kier molecular flexibility index (Phi) is 3.97. The quantitative estimate of drug-likeness (QED) is 0.859. The van der Waals surface area contributed by atoms with E-state index in [1.165, 1.54) is 6.20 Å². The molecule has 100 valence electrons. The van der Waals surface area contributed by atoms with Gasteiger partial charge in [0.1, 0.15) is 11.5 Å². The summed E-state index contributed by atoms with van der Waals surface area (Å²) in [6.45, 7) is 10.5. The van der Waals surface area contributed by atoms with E-state index < -0.39 is 5.91 Å². The van der Waals surface area contributed by atoms with Crippen LogP contribution in [0.25, 0.3) is 4.85 Å². The van der Waals surface area contributed by atoms with Gasteiger partial charge in [0.2, 0.25) is 0 Å². The van der Waals surface area contributed by atoms with E-state index in [1.54, 1.807) is 32.0 Å². The Balaban J connectivity index is 2.32. The highest BCUT2D eigenvalue weighted by Gasteiger charge is 2.15. The molecule has 0 aliphatic rings. The molecule has 2 aromatic heterocycles. The van der Waals surface area contributed by atoms with Gasteiger partial charge in [-0.05, 0) is 37.6 Å². The van der Waals surface area contributed by atoms with Crippen molar-refractivity contribution in [3.63, 3.8) is 0 Å². The minimum absolute atomic E-state index is 0.229. The van der Waals surface area contributed by atoms with E-state index >= 15 is 0 Å². The number of aromatic nitrogens is 2.